The van der Waals surface area contributed by atoms with Crippen LogP contribution in [0.1, 0.15) is 187 Å². The zero-order chi connectivity index (χ0) is 36.7. The van der Waals surface area contributed by atoms with Crippen molar-refractivity contribution in [3.8, 4) is 0 Å². The monoisotopic (exact) mass is 714 g/mol. The fourth-order valence-electron chi connectivity index (χ4n) is 6.68. The maximum absolute atomic E-state index is 12.9. The summed E-state index contributed by atoms with van der Waals surface area (Å²) < 4.78 is 11.2. The van der Waals surface area contributed by atoms with Gasteiger partial charge in [-0.25, -0.2) is 0 Å². The van der Waals surface area contributed by atoms with E-state index in [1.807, 2.05) is 6.08 Å². The molecule has 0 radical (unpaired) electrons. The third-order valence-electron chi connectivity index (χ3n) is 10.1. The highest BCUT2D eigenvalue weighted by Gasteiger charge is 2.44. The van der Waals surface area contributed by atoms with Gasteiger partial charge in [-0.05, 0) is 19.3 Å². The summed E-state index contributed by atoms with van der Waals surface area (Å²) in [6, 6.07) is -0.796. The van der Waals surface area contributed by atoms with E-state index in [-0.39, 0.29) is 12.5 Å². The smallest absolute Gasteiger partial charge is 0.220 e. The van der Waals surface area contributed by atoms with Gasteiger partial charge in [0.15, 0.2) is 6.29 Å². The molecular formula is C41H79NO8. The molecule has 296 valence electrons. The van der Waals surface area contributed by atoms with Crippen LogP contribution in [-0.2, 0) is 14.3 Å². The Morgan fingerprint density at radius 3 is 1.56 bits per heavy atom. The van der Waals surface area contributed by atoms with Crippen LogP contribution in [0.4, 0.5) is 0 Å². The number of allylic oxidation sites excluding steroid dienone is 1. The van der Waals surface area contributed by atoms with Crippen LogP contribution in [0.3, 0.4) is 0 Å². The second kappa shape index (κ2) is 32.6. The van der Waals surface area contributed by atoms with Crippen molar-refractivity contribution in [1.29, 1.82) is 0 Å². The first-order valence-corrected chi connectivity index (χ1v) is 20.9. The molecule has 6 N–H and O–H groups in total. The second-order valence-electron chi connectivity index (χ2n) is 14.8. The Bertz CT molecular complexity index is 797. The lowest BCUT2D eigenvalue weighted by Crippen LogP contribution is -2.60. The minimum atomic E-state index is -1.56. The number of carbonyl (C=O) groups excluding carboxylic acids is 1. The molecule has 0 aromatic heterocycles. The molecule has 0 bridgehead atoms. The summed E-state index contributed by atoms with van der Waals surface area (Å²) in [5, 5.41) is 54.0. The van der Waals surface area contributed by atoms with Gasteiger partial charge in [-0.1, -0.05) is 174 Å². The molecule has 0 aromatic rings. The summed E-state index contributed by atoms with van der Waals surface area (Å²) in [6.07, 6.45) is 28.2. The number of aliphatic hydroxyl groups excluding tert-OH is 5. The lowest BCUT2D eigenvalue weighted by Gasteiger charge is -2.40. The first kappa shape index (κ1) is 47.0. The van der Waals surface area contributed by atoms with Crippen LogP contribution >= 0.6 is 0 Å². The van der Waals surface area contributed by atoms with E-state index in [1.165, 1.54) is 128 Å². The summed E-state index contributed by atoms with van der Waals surface area (Å²) in [4.78, 5) is 12.9. The van der Waals surface area contributed by atoms with Crippen molar-refractivity contribution >= 4 is 5.91 Å². The van der Waals surface area contributed by atoms with Crippen LogP contribution in [0.5, 0.6) is 0 Å². The fraction of sp³-hybridized carbons (Fsp3) is 0.927. The minimum absolute atomic E-state index is 0.177. The van der Waals surface area contributed by atoms with E-state index in [1.54, 1.807) is 6.08 Å². The molecule has 1 aliphatic rings. The molecule has 1 fully saturated rings. The molecule has 0 saturated carbocycles. The van der Waals surface area contributed by atoms with E-state index < -0.39 is 49.5 Å². The molecule has 1 amide bonds. The van der Waals surface area contributed by atoms with Gasteiger partial charge in [0.2, 0.25) is 5.91 Å². The van der Waals surface area contributed by atoms with Gasteiger partial charge in [0.05, 0.1) is 25.4 Å². The minimum Gasteiger partial charge on any atom is -0.394 e. The number of unbranched alkanes of at least 4 members (excludes halogenated alkanes) is 24. The van der Waals surface area contributed by atoms with E-state index in [0.717, 1.165) is 38.5 Å². The van der Waals surface area contributed by atoms with Crippen molar-refractivity contribution in [3.05, 3.63) is 12.2 Å². The molecule has 0 aliphatic carbocycles. The number of hydrogen-bond donors (Lipinski definition) is 6. The molecular weight excluding hydrogens is 634 g/mol. The normalized spacial score (nSPS) is 22.3. The van der Waals surface area contributed by atoms with E-state index in [9.17, 15) is 30.3 Å². The van der Waals surface area contributed by atoms with Crippen molar-refractivity contribution in [2.45, 2.75) is 230 Å². The molecule has 0 unspecified atom stereocenters. The highest BCUT2D eigenvalue weighted by molar-refractivity contribution is 5.76. The van der Waals surface area contributed by atoms with Crippen molar-refractivity contribution in [3.63, 3.8) is 0 Å². The number of rotatable bonds is 34. The summed E-state index contributed by atoms with van der Waals surface area (Å²) in [7, 11) is 0. The van der Waals surface area contributed by atoms with Crippen molar-refractivity contribution in [1.82, 2.24) is 5.32 Å². The molecule has 0 aromatic carbocycles. The van der Waals surface area contributed by atoms with Gasteiger partial charge in [-0.3, -0.25) is 4.79 Å². The Morgan fingerprint density at radius 2 is 1.10 bits per heavy atom. The zero-order valence-electron chi connectivity index (χ0n) is 32.2. The van der Waals surface area contributed by atoms with Gasteiger partial charge in [-0.15, -0.1) is 0 Å². The third-order valence-corrected chi connectivity index (χ3v) is 10.1. The first-order chi connectivity index (χ1) is 24.3. The average molecular weight is 714 g/mol. The maximum Gasteiger partial charge on any atom is 0.220 e. The Kier molecular flexibility index (Phi) is 30.6. The summed E-state index contributed by atoms with van der Waals surface area (Å²) in [6.45, 7) is 3.76. The number of nitrogens with one attached hydrogen (secondary N) is 1. The highest BCUT2D eigenvalue weighted by Crippen LogP contribution is 2.22. The molecule has 1 saturated heterocycles. The number of amides is 1. The summed E-state index contributed by atoms with van der Waals surface area (Å²) >= 11 is 0. The van der Waals surface area contributed by atoms with Gasteiger partial charge in [0.25, 0.3) is 0 Å². The number of carbonyl (C=O) groups is 1. The SMILES string of the molecule is CCCCCCCCCCCCC/C=C/[C@@H](O)[C@H](CO[C@H]1O[C@@H](CO)[C@H](O)[C@@H](O)[C@@H]1O)NC(=O)CCCCCCCCCCCCCCCC. The van der Waals surface area contributed by atoms with Crippen LogP contribution in [0.25, 0.3) is 0 Å². The lowest BCUT2D eigenvalue weighted by molar-refractivity contribution is -0.302. The topological polar surface area (TPSA) is 149 Å². The first-order valence-electron chi connectivity index (χ1n) is 20.9. The zero-order valence-corrected chi connectivity index (χ0v) is 32.2. The maximum atomic E-state index is 12.9. The van der Waals surface area contributed by atoms with Crippen molar-refractivity contribution < 1.29 is 39.8 Å². The Hall–Kier alpha value is -1.07. The van der Waals surface area contributed by atoms with E-state index in [2.05, 4.69) is 19.2 Å². The van der Waals surface area contributed by atoms with Crippen molar-refractivity contribution in [2.75, 3.05) is 13.2 Å². The van der Waals surface area contributed by atoms with E-state index in [0.29, 0.717) is 6.42 Å². The molecule has 1 aliphatic heterocycles. The number of hydrogen-bond acceptors (Lipinski definition) is 8. The van der Waals surface area contributed by atoms with Gasteiger partial charge in [0.1, 0.15) is 24.4 Å². The van der Waals surface area contributed by atoms with E-state index in [4.69, 9.17) is 9.47 Å². The van der Waals surface area contributed by atoms with Gasteiger partial charge in [0, 0.05) is 6.42 Å². The summed E-state index contributed by atoms with van der Waals surface area (Å²) in [5.74, 6) is -0.177. The van der Waals surface area contributed by atoms with Crippen LogP contribution in [0.15, 0.2) is 12.2 Å². The molecule has 0 spiro atoms. The third kappa shape index (κ3) is 23.5. The largest absolute Gasteiger partial charge is 0.394 e. The predicted octanol–water partition coefficient (Wildman–Crippen LogP) is 7.78. The molecule has 9 heteroatoms. The molecule has 50 heavy (non-hydrogen) atoms. The van der Waals surface area contributed by atoms with Gasteiger partial charge in [-0.2, -0.15) is 0 Å². The van der Waals surface area contributed by atoms with Crippen LogP contribution in [0, 0.1) is 0 Å². The van der Waals surface area contributed by atoms with Crippen LogP contribution in [-0.4, -0.2) is 87.5 Å². The quantitative estimate of drug-likeness (QED) is 0.0293. The van der Waals surface area contributed by atoms with Crippen molar-refractivity contribution in [2.24, 2.45) is 0 Å². The Morgan fingerprint density at radius 1 is 0.660 bits per heavy atom. The highest BCUT2D eigenvalue weighted by atomic mass is 16.7. The van der Waals surface area contributed by atoms with Crippen LogP contribution in [0.2, 0.25) is 0 Å². The average Bonchev–Trinajstić information content (AvgIpc) is 3.11. The van der Waals surface area contributed by atoms with Gasteiger partial charge < -0.3 is 40.3 Å². The van der Waals surface area contributed by atoms with E-state index >= 15 is 0 Å². The molecule has 1 heterocycles. The predicted molar refractivity (Wildman–Crippen MR) is 203 cm³/mol. The number of ether oxygens (including phenoxy) is 2. The fourth-order valence-corrected chi connectivity index (χ4v) is 6.68. The summed E-state index contributed by atoms with van der Waals surface area (Å²) in [5.41, 5.74) is 0. The standard InChI is InChI=1S/C41H79NO8/c1-3-5-7-9-11-13-15-17-19-21-23-25-27-29-31-37(45)42-34(33-49-41-40(48)39(47)38(46)36(32-43)50-41)35(44)30-28-26-24-22-20-18-16-14-12-10-8-6-4-2/h28,30,34-36,38-41,43-44,46-48H,3-27,29,31-33H2,1-2H3,(H,42,45)/b30-28+/t34-,35+,36-,38-,39+,40-,41-/m0/s1. The van der Waals surface area contributed by atoms with Crippen LogP contribution < -0.4 is 5.32 Å². The molecule has 1 rings (SSSR count). The number of aliphatic hydroxyl groups is 5. The second-order valence-corrected chi connectivity index (χ2v) is 14.8. The molecule has 9 nitrogen and oxygen atoms in total. The Balaban J connectivity index is 2.41. The molecule has 7 atom stereocenters. The lowest BCUT2D eigenvalue weighted by atomic mass is 9.99. The Labute approximate surface area is 306 Å². The van der Waals surface area contributed by atoms with Gasteiger partial charge >= 0.3 is 0 Å².